The molecule has 0 spiro atoms. The Hall–Kier alpha value is -2.31. The highest BCUT2D eigenvalue weighted by molar-refractivity contribution is 7.96. The fourth-order valence-electron chi connectivity index (χ4n) is 3.36. The summed E-state index contributed by atoms with van der Waals surface area (Å²) in [5.41, 5.74) is 0.358. The number of anilines is 1. The number of aryl methyl sites for hydroxylation is 1. The van der Waals surface area contributed by atoms with Gasteiger partial charge >= 0.3 is 0 Å². The average molecular weight is 483 g/mol. The largest absolute Gasteiger partial charge is 0.325 e. The standard InChI is InChI=1S/C19H20ClFN6O2S2/c1-26-18(22-10-23-26)17-7-6-16(30-17)14-9-15(27(2)31(3,29)25-14)19(28)24-11-4-5-13(21)12(20)8-11/h4-8,10,14-15H,3,9H2,1-2H3,(H,24,28)(H,25,29). The molecule has 3 aromatic rings. The van der Waals surface area contributed by atoms with E-state index in [1.807, 2.05) is 12.1 Å². The predicted octanol–water partition coefficient (Wildman–Crippen LogP) is 2.86. The number of carbonyl (C=O) groups is 1. The Morgan fingerprint density at radius 2 is 2.16 bits per heavy atom. The van der Waals surface area contributed by atoms with Crippen LogP contribution in [0.25, 0.3) is 10.7 Å². The van der Waals surface area contributed by atoms with Gasteiger partial charge in [0.2, 0.25) is 5.91 Å². The zero-order chi connectivity index (χ0) is 22.3. The quantitative estimate of drug-likeness (QED) is 0.559. The molecule has 3 heterocycles. The molecule has 1 aromatic carbocycles. The molecule has 12 heteroatoms. The molecule has 31 heavy (non-hydrogen) atoms. The van der Waals surface area contributed by atoms with E-state index in [0.29, 0.717) is 12.1 Å². The number of benzene rings is 1. The number of amides is 1. The fraction of sp³-hybridized carbons (Fsp3) is 0.263. The van der Waals surface area contributed by atoms with Crippen molar-refractivity contribution in [3.8, 4) is 10.7 Å². The van der Waals surface area contributed by atoms with E-state index in [1.165, 1.54) is 40.2 Å². The van der Waals surface area contributed by atoms with E-state index in [4.69, 9.17) is 11.6 Å². The second kappa shape index (κ2) is 8.32. The third-order valence-electron chi connectivity index (χ3n) is 5.08. The second-order valence-electron chi connectivity index (χ2n) is 7.14. The Labute approximate surface area is 188 Å². The van der Waals surface area contributed by atoms with Crippen molar-refractivity contribution >= 4 is 50.3 Å². The monoisotopic (exact) mass is 482 g/mol. The molecule has 164 valence electrons. The van der Waals surface area contributed by atoms with Crippen LogP contribution in [0.5, 0.6) is 0 Å². The highest BCUT2D eigenvalue weighted by Gasteiger charge is 2.38. The molecular formula is C19H20ClFN6O2S2. The molecule has 0 saturated carbocycles. The van der Waals surface area contributed by atoms with Gasteiger partial charge < -0.3 is 5.32 Å². The van der Waals surface area contributed by atoms with E-state index in [1.54, 1.807) is 18.8 Å². The third-order valence-corrected chi connectivity index (χ3v) is 8.40. The number of nitrogens with one attached hydrogen (secondary N) is 2. The van der Waals surface area contributed by atoms with Gasteiger partial charge in [-0.2, -0.15) is 5.10 Å². The van der Waals surface area contributed by atoms with E-state index in [0.717, 1.165) is 15.6 Å². The molecule has 0 radical (unpaired) electrons. The van der Waals surface area contributed by atoms with E-state index in [-0.39, 0.29) is 17.0 Å². The second-order valence-corrected chi connectivity index (χ2v) is 10.8. The van der Waals surface area contributed by atoms with Crippen molar-refractivity contribution in [2.24, 2.45) is 7.05 Å². The third kappa shape index (κ3) is 4.37. The van der Waals surface area contributed by atoms with Crippen LogP contribution in [-0.4, -0.2) is 48.1 Å². The summed E-state index contributed by atoms with van der Waals surface area (Å²) >= 11 is 7.29. The molecular weight excluding hydrogens is 463 g/mol. The maximum absolute atomic E-state index is 13.4. The maximum atomic E-state index is 13.4. The molecule has 2 aromatic heterocycles. The Bertz CT molecular complexity index is 1240. The van der Waals surface area contributed by atoms with Gasteiger partial charge in [0, 0.05) is 24.7 Å². The lowest BCUT2D eigenvalue weighted by atomic mass is 10.1. The van der Waals surface area contributed by atoms with E-state index < -0.39 is 21.8 Å². The number of aromatic nitrogens is 3. The lowest BCUT2D eigenvalue weighted by Crippen LogP contribution is -2.55. The van der Waals surface area contributed by atoms with Crippen molar-refractivity contribution in [1.82, 2.24) is 23.8 Å². The Morgan fingerprint density at radius 1 is 1.39 bits per heavy atom. The predicted molar refractivity (Wildman–Crippen MR) is 122 cm³/mol. The average Bonchev–Trinajstić information content (AvgIpc) is 3.35. The van der Waals surface area contributed by atoms with Gasteiger partial charge in [-0.15, -0.1) is 11.3 Å². The highest BCUT2D eigenvalue weighted by atomic mass is 35.5. The molecule has 1 saturated heterocycles. The molecule has 1 aliphatic rings. The number of nitrogens with zero attached hydrogens (tertiary/aromatic N) is 4. The van der Waals surface area contributed by atoms with Crippen LogP contribution in [0, 0.1) is 5.82 Å². The smallest absolute Gasteiger partial charge is 0.242 e. The first kappa shape index (κ1) is 21.9. The van der Waals surface area contributed by atoms with Crippen LogP contribution >= 0.6 is 22.9 Å². The van der Waals surface area contributed by atoms with Crippen LogP contribution in [0.3, 0.4) is 0 Å². The molecule has 2 N–H and O–H groups in total. The van der Waals surface area contributed by atoms with Crippen molar-refractivity contribution in [2.75, 3.05) is 12.4 Å². The van der Waals surface area contributed by atoms with Crippen molar-refractivity contribution in [1.29, 1.82) is 0 Å². The summed E-state index contributed by atoms with van der Waals surface area (Å²) in [4.78, 5) is 19.1. The van der Waals surface area contributed by atoms with Gasteiger partial charge in [0.05, 0.1) is 25.8 Å². The number of rotatable bonds is 4. The molecule has 3 atom stereocenters. The maximum Gasteiger partial charge on any atom is 0.242 e. The Balaban J connectivity index is 1.58. The van der Waals surface area contributed by atoms with Crippen molar-refractivity contribution < 1.29 is 13.4 Å². The van der Waals surface area contributed by atoms with Crippen molar-refractivity contribution in [2.45, 2.75) is 18.5 Å². The summed E-state index contributed by atoms with van der Waals surface area (Å²) in [7, 11) is 0.486. The van der Waals surface area contributed by atoms with Gasteiger partial charge in [0.15, 0.2) is 5.82 Å². The first-order valence-corrected chi connectivity index (χ1v) is 12.1. The molecule has 4 rings (SSSR count). The number of hydrogen-bond donors (Lipinski definition) is 2. The summed E-state index contributed by atoms with van der Waals surface area (Å²) in [6.07, 6.45) is 1.84. The molecule has 0 aliphatic carbocycles. The van der Waals surface area contributed by atoms with E-state index in [2.05, 4.69) is 26.0 Å². The first-order valence-electron chi connectivity index (χ1n) is 9.23. The van der Waals surface area contributed by atoms with E-state index >= 15 is 0 Å². The van der Waals surface area contributed by atoms with Gasteiger partial charge in [-0.05, 0) is 42.6 Å². The van der Waals surface area contributed by atoms with Crippen molar-refractivity contribution in [3.05, 3.63) is 52.4 Å². The van der Waals surface area contributed by atoms with Gasteiger partial charge in [0.25, 0.3) is 0 Å². The Morgan fingerprint density at radius 3 is 2.84 bits per heavy atom. The molecule has 1 amide bonds. The number of likely N-dealkylation sites (N-methyl/N-ethyl adjacent to an activating group) is 1. The fourth-order valence-corrected chi connectivity index (χ4v) is 6.14. The summed E-state index contributed by atoms with van der Waals surface area (Å²) in [5, 5.41) is 6.71. The minimum absolute atomic E-state index is 0.0924. The topological polar surface area (TPSA) is 92.1 Å². The lowest BCUT2D eigenvalue weighted by molar-refractivity contribution is -0.120. The molecule has 1 aliphatic heterocycles. The van der Waals surface area contributed by atoms with Crippen LogP contribution in [0.2, 0.25) is 5.02 Å². The first-order chi connectivity index (χ1) is 14.7. The summed E-state index contributed by atoms with van der Waals surface area (Å²) < 4.78 is 32.7. The minimum Gasteiger partial charge on any atom is -0.325 e. The summed E-state index contributed by atoms with van der Waals surface area (Å²) in [6, 6.07) is 6.71. The van der Waals surface area contributed by atoms with Gasteiger partial charge in [0.1, 0.15) is 18.2 Å². The van der Waals surface area contributed by atoms with E-state index in [9.17, 15) is 13.4 Å². The van der Waals surface area contributed by atoms with Crippen LogP contribution < -0.4 is 10.0 Å². The number of thiophene rings is 1. The van der Waals surface area contributed by atoms with Crippen LogP contribution in [0.1, 0.15) is 17.3 Å². The SMILES string of the molecule is C=S1(=O)NC(c2ccc(-c3ncnn3C)s2)CC(C(=O)Nc2ccc(F)c(Cl)c2)N1C. The zero-order valence-corrected chi connectivity index (χ0v) is 19.1. The molecule has 0 bridgehead atoms. The highest BCUT2D eigenvalue weighted by Crippen LogP contribution is 2.35. The van der Waals surface area contributed by atoms with Crippen LogP contribution in [0.15, 0.2) is 36.7 Å². The summed E-state index contributed by atoms with van der Waals surface area (Å²) in [5.74, 6) is 3.57. The van der Waals surface area contributed by atoms with Crippen molar-refractivity contribution in [3.63, 3.8) is 0 Å². The normalized spacial score (nSPS) is 24.3. The summed E-state index contributed by atoms with van der Waals surface area (Å²) in [6.45, 7) is 0. The number of hydrogen-bond acceptors (Lipinski definition) is 5. The molecule has 8 nitrogen and oxygen atoms in total. The van der Waals surface area contributed by atoms with Gasteiger partial charge in [-0.25, -0.2) is 27.3 Å². The minimum atomic E-state index is -2.90. The number of halogens is 2. The van der Waals surface area contributed by atoms with Crippen LogP contribution in [0.4, 0.5) is 10.1 Å². The zero-order valence-electron chi connectivity index (χ0n) is 16.7. The molecule has 3 unspecified atom stereocenters. The Kier molecular flexibility index (Phi) is 5.88. The van der Waals surface area contributed by atoms with Gasteiger partial charge in [-0.1, -0.05) is 11.6 Å². The lowest BCUT2D eigenvalue weighted by Gasteiger charge is -2.39. The number of carbonyl (C=O) groups excluding carboxylic acids is 1. The molecule has 1 fully saturated rings. The van der Waals surface area contributed by atoms with Crippen LogP contribution in [-0.2, 0) is 21.7 Å². The van der Waals surface area contributed by atoms with Gasteiger partial charge in [-0.3, -0.25) is 4.79 Å².